The maximum Gasteiger partial charge on any atom is 0.192 e. The first-order chi connectivity index (χ1) is 11.3. The summed E-state index contributed by atoms with van der Waals surface area (Å²) in [5.41, 5.74) is 2.08. The standard InChI is InChI=1S/C18H21N3O2/c1-3-19-18(20-11-14-7-6-10-22-14)21-12-17-13(2)15-8-4-5-9-16(15)23-17/h4-10H,3,11-12H2,1-2H3,(H2,19,20,21). The summed E-state index contributed by atoms with van der Waals surface area (Å²) in [4.78, 5) is 4.51. The van der Waals surface area contributed by atoms with Crippen LogP contribution in [0.1, 0.15) is 24.0 Å². The van der Waals surface area contributed by atoms with Gasteiger partial charge in [0.05, 0.1) is 12.8 Å². The van der Waals surface area contributed by atoms with E-state index in [1.807, 2.05) is 37.3 Å². The molecule has 0 atom stereocenters. The molecule has 0 aliphatic heterocycles. The Morgan fingerprint density at radius 1 is 1.13 bits per heavy atom. The van der Waals surface area contributed by atoms with E-state index in [1.165, 1.54) is 0 Å². The lowest BCUT2D eigenvalue weighted by Crippen LogP contribution is -2.36. The van der Waals surface area contributed by atoms with E-state index in [2.05, 4.69) is 28.6 Å². The number of aliphatic imine (C=N–C) groups is 1. The molecule has 0 saturated carbocycles. The van der Waals surface area contributed by atoms with E-state index in [1.54, 1.807) is 6.26 Å². The third-order valence-corrected chi connectivity index (χ3v) is 3.68. The minimum Gasteiger partial charge on any atom is -0.467 e. The smallest absolute Gasteiger partial charge is 0.192 e. The van der Waals surface area contributed by atoms with Crippen molar-refractivity contribution in [1.82, 2.24) is 10.6 Å². The molecule has 0 fully saturated rings. The lowest BCUT2D eigenvalue weighted by Gasteiger charge is -2.10. The molecule has 23 heavy (non-hydrogen) atoms. The molecule has 0 radical (unpaired) electrons. The third-order valence-electron chi connectivity index (χ3n) is 3.68. The summed E-state index contributed by atoms with van der Waals surface area (Å²) >= 11 is 0. The van der Waals surface area contributed by atoms with Crippen molar-refractivity contribution in [2.75, 3.05) is 6.54 Å². The fourth-order valence-corrected chi connectivity index (χ4v) is 2.46. The Bertz CT molecular complexity index is 788. The molecule has 3 rings (SSSR count). The van der Waals surface area contributed by atoms with Crippen molar-refractivity contribution in [1.29, 1.82) is 0 Å². The van der Waals surface area contributed by atoms with Crippen LogP contribution in [0.5, 0.6) is 0 Å². The van der Waals surface area contributed by atoms with E-state index in [9.17, 15) is 0 Å². The summed E-state index contributed by atoms with van der Waals surface area (Å²) in [6.07, 6.45) is 1.66. The van der Waals surface area contributed by atoms with Gasteiger partial charge in [0.15, 0.2) is 5.96 Å². The Balaban J connectivity index is 1.70. The quantitative estimate of drug-likeness (QED) is 0.558. The molecule has 120 valence electrons. The van der Waals surface area contributed by atoms with Gasteiger partial charge in [0.2, 0.25) is 0 Å². The lowest BCUT2D eigenvalue weighted by atomic mass is 10.1. The van der Waals surface area contributed by atoms with Crippen LogP contribution in [0.3, 0.4) is 0 Å². The van der Waals surface area contributed by atoms with E-state index in [-0.39, 0.29) is 0 Å². The van der Waals surface area contributed by atoms with Crippen molar-refractivity contribution in [3.8, 4) is 0 Å². The minimum atomic E-state index is 0.501. The molecule has 0 bridgehead atoms. The molecule has 2 heterocycles. The summed E-state index contributed by atoms with van der Waals surface area (Å²) in [5, 5.41) is 7.68. The zero-order chi connectivity index (χ0) is 16.1. The monoisotopic (exact) mass is 311 g/mol. The topological polar surface area (TPSA) is 62.7 Å². The Kier molecular flexibility index (Phi) is 4.66. The van der Waals surface area contributed by atoms with E-state index in [0.29, 0.717) is 13.1 Å². The molecule has 2 aromatic heterocycles. The molecule has 1 aromatic carbocycles. The van der Waals surface area contributed by atoms with Crippen LogP contribution in [0.4, 0.5) is 0 Å². The predicted octanol–water partition coefficient (Wildman–Crippen LogP) is 3.59. The van der Waals surface area contributed by atoms with E-state index in [4.69, 9.17) is 8.83 Å². The van der Waals surface area contributed by atoms with Crippen molar-refractivity contribution in [2.24, 2.45) is 4.99 Å². The largest absolute Gasteiger partial charge is 0.467 e. The first-order valence-corrected chi connectivity index (χ1v) is 7.79. The first-order valence-electron chi connectivity index (χ1n) is 7.79. The SMILES string of the molecule is CCNC(=NCc1ccco1)NCc1oc2ccccc2c1C. The minimum absolute atomic E-state index is 0.501. The zero-order valence-corrected chi connectivity index (χ0v) is 13.4. The highest BCUT2D eigenvalue weighted by molar-refractivity contribution is 5.82. The Hall–Kier alpha value is -2.69. The second kappa shape index (κ2) is 7.05. The Morgan fingerprint density at radius 2 is 2.00 bits per heavy atom. The molecule has 0 saturated heterocycles. The van der Waals surface area contributed by atoms with Gasteiger partial charge < -0.3 is 19.5 Å². The van der Waals surface area contributed by atoms with Gasteiger partial charge in [0.1, 0.15) is 23.6 Å². The Morgan fingerprint density at radius 3 is 2.74 bits per heavy atom. The van der Waals surface area contributed by atoms with Crippen molar-refractivity contribution < 1.29 is 8.83 Å². The highest BCUT2D eigenvalue weighted by Gasteiger charge is 2.10. The maximum atomic E-state index is 5.91. The molecule has 2 N–H and O–H groups in total. The van der Waals surface area contributed by atoms with Crippen molar-refractivity contribution in [3.63, 3.8) is 0 Å². The predicted molar refractivity (Wildman–Crippen MR) is 91.3 cm³/mol. The van der Waals surface area contributed by atoms with Crippen molar-refractivity contribution in [3.05, 3.63) is 59.7 Å². The molecular formula is C18H21N3O2. The maximum absolute atomic E-state index is 5.91. The Labute approximate surface area is 135 Å². The van der Waals surface area contributed by atoms with Crippen LogP contribution in [0.25, 0.3) is 11.0 Å². The van der Waals surface area contributed by atoms with Crippen LogP contribution in [-0.2, 0) is 13.1 Å². The van der Waals surface area contributed by atoms with Gasteiger partial charge in [-0.15, -0.1) is 0 Å². The third kappa shape index (κ3) is 3.56. The number of rotatable bonds is 5. The van der Waals surface area contributed by atoms with Gasteiger partial charge in [0, 0.05) is 17.5 Å². The normalized spacial score (nSPS) is 11.8. The number of benzene rings is 1. The van der Waals surface area contributed by atoms with Crippen LogP contribution in [0, 0.1) is 6.92 Å². The first kappa shape index (κ1) is 15.2. The summed E-state index contributed by atoms with van der Waals surface area (Å²) < 4.78 is 11.2. The lowest BCUT2D eigenvalue weighted by molar-refractivity contribution is 0.511. The number of fused-ring (bicyclic) bond motifs is 1. The van der Waals surface area contributed by atoms with Crippen LogP contribution in [-0.4, -0.2) is 12.5 Å². The van der Waals surface area contributed by atoms with Crippen molar-refractivity contribution >= 4 is 16.9 Å². The van der Waals surface area contributed by atoms with E-state index in [0.717, 1.165) is 40.6 Å². The molecular weight excluding hydrogens is 290 g/mol. The molecule has 0 aliphatic carbocycles. The molecule has 0 spiro atoms. The summed E-state index contributed by atoms with van der Waals surface area (Å²) in [6.45, 7) is 6.00. The molecule has 0 amide bonds. The van der Waals surface area contributed by atoms with Crippen LogP contribution < -0.4 is 10.6 Å². The number of aryl methyl sites for hydroxylation is 1. The van der Waals surface area contributed by atoms with Crippen molar-refractivity contribution in [2.45, 2.75) is 26.9 Å². The van der Waals surface area contributed by atoms with Gasteiger partial charge in [-0.1, -0.05) is 18.2 Å². The number of hydrogen-bond acceptors (Lipinski definition) is 3. The number of nitrogens with one attached hydrogen (secondary N) is 2. The van der Waals surface area contributed by atoms with E-state index < -0.39 is 0 Å². The molecule has 0 unspecified atom stereocenters. The highest BCUT2D eigenvalue weighted by atomic mass is 16.3. The highest BCUT2D eigenvalue weighted by Crippen LogP contribution is 2.24. The molecule has 5 nitrogen and oxygen atoms in total. The van der Waals surface area contributed by atoms with Gasteiger partial charge >= 0.3 is 0 Å². The van der Waals surface area contributed by atoms with Gasteiger partial charge in [-0.2, -0.15) is 0 Å². The number of hydrogen-bond donors (Lipinski definition) is 2. The van der Waals surface area contributed by atoms with Crippen LogP contribution >= 0.6 is 0 Å². The van der Waals surface area contributed by atoms with Gasteiger partial charge in [-0.25, -0.2) is 4.99 Å². The molecule has 5 heteroatoms. The summed E-state index contributed by atoms with van der Waals surface area (Å²) in [7, 11) is 0. The number of nitrogens with zero attached hydrogens (tertiary/aromatic N) is 1. The van der Waals surface area contributed by atoms with Gasteiger partial charge in [-0.05, 0) is 32.0 Å². The average Bonchev–Trinajstić information content (AvgIpc) is 3.19. The zero-order valence-electron chi connectivity index (χ0n) is 13.4. The molecule has 3 aromatic rings. The van der Waals surface area contributed by atoms with Gasteiger partial charge in [-0.3, -0.25) is 0 Å². The second-order valence-corrected chi connectivity index (χ2v) is 5.27. The number of guanidine groups is 1. The molecule has 0 aliphatic rings. The van der Waals surface area contributed by atoms with Gasteiger partial charge in [0.25, 0.3) is 0 Å². The fourth-order valence-electron chi connectivity index (χ4n) is 2.46. The second-order valence-electron chi connectivity index (χ2n) is 5.27. The number of para-hydroxylation sites is 1. The van der Waals surface area contributed by atoms with E-state index >= 15 is 0 Å². The summed E-state index contributed by atoms with van der Waals surface area (Å²) in [5.74, 6) is 2.50. The summed E-state index contributed by atoms with van der Waals surface area (Å²) in [6, 6.07) is 11.9. The number of furan rings is 2. The fraction of sp³-hybridized carbons (Fsp3) is 0.278. The average molecular weight is 311 g/mol. The van der Waals surface area contributed by atoms with Crippen LogP contribution in [0.2, 0.25) is 0 Å². The van der Waals surface area contributed by atoms with Crippen LogP contribution in [0.15, 0.2) is 56.5 Å².